The Bertz CT molecular complexity index is 688. The van der Waals surface area contributed by atoms with E-state index in [1.165, 1.54) is 0 Å². The van der Waals surface area contributed by atoms with Gasteiger partial charge in [0.2, 0.25) is 0 Å². The predicted octanol–water partition coefficient (Wildman–Crippen LogP) is 4.11. The Morgan fingerprint density at radius 2 is 1.79 bits per heavy atom. The number of amides is 1. The topological polar surface area (TPSA) is 47.6 Å². The molecule has 2 aromatic rings. The summed E-state index contributed by atoms with van der Waals surface area (Å²) >= 11 is 5.90. The Balaban J connectivity index is 1.94. The highest BCUT2D eigenvalue weighted by Crippen LogP contribution is 2.28. The molecule has 5 heteroatoms. The van der Waals surface area contributed by atoms with E-state index in [1.807, 2.05) is 32.0 Å². The number of ether oxygens (including phenoxy) is 2. The van der Waals surface area contributed by atoms with Crippen molar-refractivity contribution in [2.75, 3.05) is 19.8 Å². The van der Waals surface area contributed by atoms with Crippen LogP contribution in [0.15, 0.2) is 42.5 Å². The second-order valence-corrected chi connectivity index (χ2v) is 5.60. The third-order valence-electron chi connectivity index (χ3n) is 3.39. The van der Waals surface area contributed by atoms with Gasteiger partial charge in [-0.2, -0.15) is 0 Å². The lowest BCUT2D eigenvalue weighted by Gasteiger charge is -2.12. The average Bonchev–Trinajstić information content (AvgIpc) is 2.57. The molecular weight excluding hydrogens is 326 g/mol. The Morgan fingerprint density at radius 3 is 2.50 bits per heavy atom. The average molecular weight is 348 g/mol. The van der Waals surface area contributed by atoms with Crippen LogP contribution in [-0.2, 0) is 6.42 Å². The molecule has 0 unspecified atom stereocenters. The number of hydrogen-bond donors (Lipinski definition) is 1. The van der Waals surface area contributed by atoms with Gasteiger partial charge in [0.15, 0.2) is 11.5 Å². The van der Waals surface area contributed by atoms with Gasteiger partial charge in [-0.05, 0) is 56.2 Å². The van der Waals surface area contributed by atoms with E-state index in [1.54, 1.807) is 24.3 Å². The van der Waals surface area contributed by atoms with Crippen molar-refractivity contribution < 1.29 is 14.3 Å². The van der Waals surface area contributed by atoms with Crippen LogP contribution in [0.5, 0.6) is 11.5 Å². The van der Waals surface area contributed by atoms with Gasteiger partial charge in [-0.15, -0.1) is 0 Å². The van der Waals surface area contributed by atoms with Crippen molar-refractivity contribution in [1.82, 2.24) is 5.32 Å². The fourth-order valence-electron chi connectivity index (χ4n) is 2.30. The highest BCUT2D eigenvalue weighted by Gasteiger charge is 2.08. The molecule has 0 atom stereocenters. The SMILES string of the molecule is CCOc1ccc(CCNC(=O)c2cccc(Cl)c2)cc1OCC. The fraction of sp³-hybridized carbons (Fsp3) is 0.316. The van der Waals surface area contributed by atoms with E-state index in [0.29, 0.717) is 36.8 Å². The number of halogens is 1. The molecule has 0 heterocycles. The number of hydrogen-bond acceptors (Lipinski definition) is 3. The van der Waals surface area contributed by atoms with Crippen molar-refractivity contribution in [3.63, 3.8) is 0 Å². The van der Waals surface area contributed by atoms with Gasteiger partial charge < -0.3 is 14.8 Å². The van der Waals surface area contributed by atoms with Crippen LogP contribution < -0.4 is 14.8 Å². The summed E-state index contributed by atoms with van der Waals surface area (Å²) in [5, 5.41) is 3.45. The highest BCUT2D eigenvalue weighted by molar-refractivity contribution is 6.30. The number of rotatable bonds is 8. The van der Waals surface area contributed by atoms with Gasteiger partial charge in [0.1, 0.15) is 0 Å². The highest BCUT2D eigenvalue weighted by atomic mass is 35.5. The first-order chi connectivity index (χ1) is 11.6. The molecule has 4 nitrogen and oxygen atoms in total. The molecule has 1 N–H and O–H groups in total. The van der Waals surface area contributed by atoms with E-state index in [0.717, 1.165) is 17.1 Å². The van der Waals surface area contributed by atoms with Crippen LogP contribution >= 0.6 is 11.6 Å². The molecule has 0 aromatic heterocycles. The predicted molar refractivity (Wildman–Crippen MR) is 96.3 cm³/mol. The van der Waals surface area contributed by atoms with E-state index in [2.05, 4.69) is 5.32 Å². The van der Waals surface area contributed by atoms with Crippen LogP contribution in [-0.4, -0.2) is 25.7 Å². The molecular formula is C19H22ClNO3. The molecule has 0 spiro atoms. The largest absolute Gasteiger partial charge is 0.490 e. The molecule has 0 saturated carbocycles. The van der Waals surface area contributed by atoms with E-state index in [4.69, 9.17) is 21.1 Å². The molecule has 0 aliphatic heterocycles. The van der Waals surface area contributed by atoms with Crippen molar-refractivity contribution in [3.05, 3.63) is 58.6 Å². The van der Waals surface area contributed by atoms with Crippen LogP contribution in [0.25, 0.3) is 0 Å². The van der Waals surface area contributed by atoms with Crippen molar-refractivity contribution in [2.45, 2.75) is 20.3 Å². The summed E-state index contributed by atoms with van der Waals surface area (Å²) in [6.07, 6.45) is 0.707. The maximum absolute atomic E-state index is 12.1. The quantitative estimate of drug-likeness (QED) is 0.781. The van der Waals surface area contributed by atoms with Crippen molar-refractivity contribution in [1.29, 1.82) is 0 Å². The van der Waals surface area contributed by atoms with Crippen LogP contribution in [0, 0.1) is 0 Å². The van der Waals surface area contributed by atoms with Gasteiger partial charge in [-0.3, -0.25) is 4.79 Å². The number of nitrogens with one attached hydrogen (secondary N) is 1. The summed E-state index contributed by atoms with van der Waals surface area (Å²) in [6.45, 7) is 5.58. The molecule has 2 aromatic carbocycles. The minimum atomic E-state index is -0.131. The molecule has 0 fully saturated rings. The van der Waals surface area contributed by atoms with Crippen LogP contribution in [0.1, 0.15) is 29.8 Å². The standard InChI is InChI=1S/C19H22ClNO3/c1-3-23-17-9-8-14(12-18(17)24-4-2)10-11-21-19(22)15-6-5-7-16(20)13-15/h5-9,12-13H,3-4,10-11H2,1-2H3,(H,21,22). The Hall–Kier alpha value is -2.20. The molecule has 0 radical (unpaired) electrons. The van der Waals surface area contributed by atoms with Crippen molar-refractivity contribution >= 4 is 17.5 Å². The van der Waals surface area contributed by atoms with Gasteiger partial charge in [0.25, 0.3) is 5.91 Å². The first-order valence-electron chi connectivity index (χ1n) is 8.06. The first-order valence-corrected chi connectivity index (χ1v) is 8.44. The Morgan fingerprint density at radius 1 is 1.04 bits per heavy atom. The third-order valence-corrected chi connectivity index (χ3v) is 3.63. The molecule has 0 bridgehead atoms. The molecule has 0 saturated heterocycles. The monoisotopic (exact) mass is 347 g/mol. The fourth-order valence-corrected chi connectivity index (χ4v) is 2.49. The Labute approximate surface area is 147 Å². The second-order valence-electron chi connectivity index (χ2n) is 5.16. The number of carbonyl (C=O) groups is 1. The summed E-state index contributed by atoms with van der Waals surface area (Å²) in [6, 6.07) is 12.7. The van der Waals surface area contributed by atoms with Gasteiger partial charge in [0.05, 0.1) is 13.2 Å². The summed E-state index contributed by atoms with van der Waals surface area (Å²) in [5.41, 5.74) is 1.64. The molecule has 0 aliphatic rings. The smallest absolute Gasteiger partial charge is 0.251 e. The maximum atomic E-state index is 12.1. The summed E-state index contributed by atoms with van der Waals surface area (Å²) in [5.74, 6) is 1.34. The third kappa shape index (κ3) is 5.17. The van der Waals surface area contributed by atoms with Gasteiger partial charge >= 0.3 is 0 Å². The van der Waals surface area contributed by atoms with E-state index in [-0.39, 0.29) is 5.91 Å². The minimum absolute atomic E-state index is 0.131. The van der Waals surface area contributed by atoms with Gasteiger partial charge in [-0.25, -0.2) is 0 Å². The van der Waals surface area contributed by atoms with Crippen LogP contribution in [0.3, 0.4) is 0 Å². The van der Waals surface area contributed by atoms with E-state index >= 15 is 0 Å². The lowest BCUT2D eigenvalue weighted by atomic mass is 10.1. The minimum Gasteiger partial charge on any atom is -0.490 e. The molecule has 128 valence electrons. The van der Waals surface area contributed by atoms with Crippen LogP contribution in [0.4, 0.5) is 0 Å². The normalized spacial score (nSPS) is 10.3. The van der Waals surface area contributed by atoms with Crippen molar-refractivity contribution in [2.24, 2.45) is 0 Å². The zero-order chi connectivity index (χ0) is 17.4. The number of benzene rings is 2. The van der Waals surface area contributed by atoms with Crippen molar-refractivity contribution in [3.8, 4) is 11.5 Å². The second kappa shape index (κ2) is 9.18. The summed E-state index contributed by atoms with van der Waals surface area (Å²) < 4.78 is 11.2. The zero-order valence-corrected chi connectivity index (χ0v) is 14.7. The first kappa shape index (κ1) is 18.1. The summed E-state index contributed by atoms with van der Waals surface area (Å²) in [4.78, 5) is 12.1. The van der Waals surface area contributed by atoms with Gasteiger partial charge in [0, 0.05) is 17.1 Å². The van der Waals surface area contributed by atoms with E-state index in [9.17, 15) is 4.79 Å². The Kier molecular flexibility index (Phi) is 6.94. The maximum Gasteiger partial charge on any atom is 0.251 e. The van der Waals surface area contributed by atoms with Crippen LogP contribution in [0.2, 0.25) is 5.02 Å². The molecule has 2 rings (SSSR count). The summed E-state index contributed by atoms with van der Waals surface area (Å²) in [7, 11) is 0. The van der Waals surface area contributed by atoms with E-state index < -0.39 is 0 Å². The number of carbonyl (C=O) groups excluding carboxylic acids is 1. The zero-order valence-electron chi connectivity index (χ0n) is 14.0. The lowest BCUT2D eigenvalue weighted by molar-refractivity contribution is 0.0954. The van der Waals surface area contributed by atoms with Gasteiger partial charge in [-0.1, -0.05) is 23.7 Å². The molecule has 1 amide bonds. The lowest BCUT2D eigenvalue weighted by Crippen LogP contribution is -2.25. The molecule has 0 aliphatic carbocycles. The molecule has 24 heavy (non-hydrogen) atoms.